The second kappa shape index (κ2) is 16.3. The summed E-state index contributed by atoms with van der Waals surface area (Å²) in [5.41, 5.74) is 18.9. The zero-order valence-electron chi connectivity index (χ0n) is 37.1. The lowest BCUT2D eigenvalue weighted by atomic mass is 10.0. The van der Waals surface area contributed by atoms with Crippen LogP contribution >= 0.6 is 0 Å². The fourth-order valence-corrected chi connectivity index (χ4v) is 10.0. The summed E-state index contributed by atoms with van der Waals surface area (Å²) in [7, 11) is 0. The van der Waals surface area contributed by atoms with Crippen LogP contribution in [0.2, 0.25) is 0 Å². The van der Waals surface area contributed by atoms with E-state index in [-0.39, 0.29) is 0 Å². The van der Waals surface area contributed by atoms with Crippen LogP contribution in [-0.4, -0.2) is 9.13 Å². The van der Waals surface area contributed by atoms with E-state index < -0.39 is 0 Å². The number of aromatic nitrogens is 2. The van der Waals surface area contributed by atoms with E-state index in [1.165, 1.54) is 71.6 Å². The number of allylic oxidation sites excluding steroid dienone is 4. The Morgan fingerprint density at radius 3 is 1.26 bits per heavy atom. The van der Waals surface area contributed by atoms with Crippen molar-refractivity contribution in [2.24, 2.45) is 0 Å². The SMILES string of the molecule is Cc1ccc(N(c2ccc(-c3ccc(N(c4ccc(C)cc4)c4ccc5c(c4)c4ccccc4n5-c4ccccc4)cc3)cc2)c2ccc3c(c2)c2ccccc2n3C2=CC=CCC2)cc1. The van der Waals surface area contributed by atoms with Crippen molar-refractivity contribution < 1.29 is 0 Å². The van der Waals surface area contributed by atoms with Crippen molar-refractivity contribution in [1.29, 1.82) is 0 Å². The molecule has 11 aromatic rings. The van der Waals surface area contributed by atoms with E-state index in [4.69, 9.17) is 0 Å². The zero-order chi connectivity index (χ0) is 44.1. The second-order valence-electron chi connectivity index (χ2n) is 17.5. The number of anilines is 6. The van der Waals surface area contributed by atoms with Crippen molar-refractivity contribution in [3.63, 3.8) is 0 Å². The van der Waals surface area contributed by atoms with E-state index >= 15 is 0 Å². The average molecular weight is 849 g/mol. The molecule has 66 heavy (non-hydrogen) atoms. The van der Waals surface area contributed by atoms with Gasteiger partial charge < -0.3 is 18.9 Å². The first kappa shape index (κ1) is 39.3. The lowest BCUT2D eigenvalue weighted by Crippen LogP contribution is -2.10. The molecule has 12 rings (SSSR count). The van der Waals surface area contributed by atoms with Gasteiger partial charge >= 0.3 is 0 Å². The van der Waals surface area contributed by atoms with Gasteiger partial charge in [-0.15, -0.1) is 0 Å². The Labute approximate surface area is 385 Å². The smallest absolute Gasteiger partial charge is 0.0542 e. The molecule has 1 aliphatic rings. The normalized spacial score (nSPS) is 12.6. The molecular weight excluding hydrogens is 801 g/mol. The van der Waals surface area contributed by atoms with E-state index in [0.29, 0.717) is 0 Å². The topological polar surface area (TPSA) is 16.3 Å². The lowest BCUT2D eigenvalue weighted by Gasteiger charge is -2.26. The molecule has 0 aliphatic heterocycles. The quantitative estimate of drug-likeness (QED) is 0.144. The standard InChI is InChI=1S/C62H48N4/c1-43-21-29-49(30-22-43)63(53-37-39-61-57(41-53)55-17-9-11-19-59(55)65(61)47-13-5-3-6-14-47)51-33-25-45(26-34-51)46-27-35-52(36-28-46)64(50-31-23-44(2)24-32-50)54-38-40-62-58(42-54)56-18-10-12-20-60(56)66(62)48-15-7-4-8-16-48/h3-7,9-15,17-42H,8,16H2,1-2H3. The maximum absolute atomic E-state index is 2.46. The molecule has 0 unspecified atom stereocenters. The second-order valence-corrected chi connectivity index (χ2v) is 17.5. The fourth-order valence-electron chi connectivity index (χ4n) is 10.0. The Kier molecular flexibility index (Phi) is 9.72. The Morgan fingerprint density at radius 1 is 0.364 bits per heavy atom. The number of fused-ring (bicyclic) bond motifs is 6. The van der Waals surface area contributed by atoms with Gasteiger partial charge in [0.1, 0.15) is 0 Å². The monoisotopic (exact) mass is 848 g/mol. The number of benzene rings is 9. The summed E-state index contributed by atoms with van der Waals surface area (Å²) in [5.74, 6) is 0. The molecule has 0 saturated heterocycles. The van der Waals surface area contributed by atoms with Gasteiger partial charge in [0.05, 0.1) is 22.1 Å². The summed E-state index contributed by atoms with van der Waals surface area (Å²) in [6.45, 7) is 4.29. The number of hydrogen-bond donors (Lipinski definition) is 0. The Balaban J connectivity index is 0.908. The molecule has 0 amide bonds. The Bertz CT molecular complexity index is 3630. The third-order valence-corrected chi connectivity index (χ3v) is 13.3. The number of hydrogen-bond acceptors (Lipinski definition) is 2. The highest BCUT2D eigenvalue weighted by molar-refractivity contribution is 6.12. The predicted octanol–water partition coefficient (Wildman–Crippen LogP) is 17.3. The minimum atomic E-state index is 1.03. The highest BCUT2D eigenvalue weighted by atomic mass is 15.1. The van der Waals surface area contributed by atoms with Crippen LogP contribution in [-0.2, 0) is 0 Å². The van der Waals surface area contributed by atoms with Gasteiger partial charge in [-0.05, 0) is 153 Å². The van der Waals surface area contributed by atoms with Gasteiger partial charge in [-0.2, -0.15) is 0 Å². The van der Waals surface area contributed by atoms with E-state index in [1.54, 1.807) is 0 Å². The summed E-state index contributed by atoms with van der Waals surface area (Å²) in [6.07, 6.45) is 8.80. The van der Waals surface area contributed by atoms with Crippen LogP contribution in [0.5, 0.6) is 0 Å². The minimum absolute atomic E-state index is 1.03. The Morgan fingerprint density at radius 2 is 0.773 bits per heavy atom. The molecule has 4 heteroatoms. The molecule has 0 bridgehead atoms. The molecular formula is C62H48N4. The molecule has 0 spiro atoms. The summed E-state index contributed by atoms with van der Waals surface area (Å²) >= 11 is 0. The Hall–Kier alpha value is -8.34. The molecule has 0 radical (unpaired) electrons. The van der Waals surface area contributed by atoms with Crippen molar-refractivity contribution in [3.8, 4) is 16.8 Å². The summed E-state index contributed by atoms with van der Waals surface area (Å²) in [4.78, 5) is 4.76. The van der Waals surface area contributed by atoms with Gasteiger partial charge in [0, 0.05) is 67.1 Å². The van der Waals surface area contributed by atoms with Gasteiger partial charge in [-0.1, -0.05) is 126 Å². The number of rotatable bonds is 9. The highest BCUT2D eigenvalue weighted by Gasteiger charge is 2.20. The fraction of sp³-hybridized carbons (Fsp3) is 0.0645. The number of nitrogens with zero attached hydrogens (tertiary/aromatic N) is 4. The molecule has 0 saturated carbocycles. The molecule has 4 nitrogen and oxygen atoms in total. The van der Waals surface area contributed by atoms with Crippen molar-refractivity contribution >= 4 is 83.4 Å². The van der Waals surface area contributed by atoms with Crippen LogP contribution in [0.25, 0.3) is 66.1 Å². The largest absolute Gasteiger partial charge is 0.313 e. The summed E-state index contributed by atoms with van der Waals surface area (Å²) in [5, 5.41) is 4.98. The van der Waals surface area contributed by atoms with E-state index in [2.05, 4.69) is 263 Å². The third-order valence-electron chi connectivity index (χ3n) is 13.3. The van der Waals surface area contributed by atoms with Crippen LogP contribution in [0.15, 0.2) is 231 Å². The average Bonchev–Trinajstić information content (AvgIpc) is 3.89. The van der Waals surface area contributed by atoms with Crippen molar-refractivity contribution in [3.05, 3.63) is 242 Å². The molecule has 316 valence electrons. The summed E-state index contributed by atoms with van der Waals surface area (Å²) in [6, 6.07) is 77.8. The molecule has 2 aromatic heterocycles. The third kappa shape index (κ3) is 6.86. The van der Waals surface area contributed by atoms with Gasteiger partial charge in [-0.25, -0.2) is 0 Å². The van der Waals surface area contributed by atoms with Crippen molar-refractivity contribution in [2.75, 3.05) is 9.80 Å². The molecule has 2 heterocycles. The molecule has 1 aliphatic carbocycles. The molecule has 0 atom stereocenters. The first-order chi connectivity index (χ1) is 32.6. The number of aryl methyl sites for hydroxylation is 2. The predicted molar refractivity (Wildman–Crippen MR) is 281 cm³/mol. The van der Waals surface area contributed by atoms with Crippen LogP contribution in [0.4, 0.5) is 34.1 Å². The van der Waals surface area contributed by atoms with Crippen LogP contribution in [0.1, 0.15) is 24.0 Å². The molecule has 9 aromatic carbocycles. The molecule has 0 N–H and O–H groups in total. The minimum Gasteiger partial charge on any atom is -0.313 e. The van der Waals surface area contributed by atoms with Gasteiger partial charge in [0.25, 0.3) is 0 Å². The number of para-hydroxylation sites is 3. The van der Waals surface area contributed by atoms with Crippen molar-refractivity contribution in [1.82, 2.24) is 9.13 Å². The first-order valence-corrected chi connectivity index (χ1v) is 23.0. The van der Waals surface area contributed by atoms with Crippen LogP contribution < -0.4 is 9.80 Å². The van der Waals surface area contributed by atoms with E-state index in [0.717, 1.165) is 52.7 Å². The van der Waals surface area contributed by atoms with Gasteiger partial charge in [-0.3, -0.25) is 0 Å². The highest BCUT2D eigenvalue weighted by Crippen LogP contribution is 2.43. The van der Waals surface area contributed by atoms with Crippen molar-refractivity contribution in [2.45, 2.75) is 26.7 Å². The van der Waals surface area contributed by atoms with E-state index in [1.807, 2.05) is 0 Å². The maximum atomic E-state index is 2.46. The van der Waals surface area contributed by atoms with E-state index in [9.17, 15) is 0 Å². The lowest BCUT2D eigenvalue weighted by molar-refractivity contribution is 0.979. The maximum Gasteiger partial charge on any atom is 0.0542 e. The summed E-state index contributed by atoms with van der Waals surface area (Å²) < 4.78 is 4.83. The first-order valence-electron chi connectivity index (χ1n) is 23.0. The zero-order valence-corrected chi connectivity index (χ0v) is 37.1. The van der Waals surface area contributed by atoms with Gasteiger partial charge in [0.2, 0.25) is 0 Å². The van der Waals surface area contributed by atoms with Crippen LogP contribution in [0.3, 0.4) is 0 Å². The van der Waals surface area contributed by atoms with Crippen LogP contribution in [0, 0.1) is 13.8 Å². The van der Waals surface area contributed by atoms with Gasteiger partial charge in [0.15, 0.2) is 0 Å². The molecule has 0 fully saturated rings.